The fraction of sp³-hybridized carbons (Fsp3) is 0.421. The van der Waals surface area contributed by atoms with Crippen LogP contribution in [-0.4, -0.2) is 48.5 Å². The average molecular weight is 326 g/mol. The molecule has 2 aromatic rings. The Morgan fingerprint density at radius 2 is 2.08 bits per heavy atom. The molecule has 2 aliphatic heterocycles. The zero-order valence-electron chi connectivity index (χ0n) is 13.7. The van der Waals surface area contributed by atoms with Gasteiger partial charge in [-0.05, 0) is 48.7 Å². The van der Waals surface area contributed by atoms with E-state index >= 15 is 0 Å². The zero-order chi connectivity index (χ0) is 16.4. The molecular weight excluding hydrogens is 304 g/mol. The van der Waals surface area contributed by atoms with Gasteiger partial charge in [-0.15, -0.1) is 0 Å². The monoisotopic (exact) mass is 326 g/mol. The predicted octanol–water partition coefficient (Wildman–Crippen LogP) is 2.85. The number of benzene rings is 1. The lowest BCUT2D eigenvalue weighted by atomic mass is 10.0. The molecule has 4 rings (SSSR count). The third kappa shape index (κ3) is 3.17. The highest BCUT2D eigenvalue weighted by atomic mass is 16.6. The van der Waals surface area contributed by atoms with Crippen LogP contribution in [0.1, 0.15) is 34.7 Å². The van der Waals surface area contributed by atoms with Crippen LogP contribution in [0.2, 0.25) is 0 Å². The molecule has 0 radical (unpaired) electrons. The molecule has 24 heavy (non-hydrogen) atoms. The van der Waals surface area contributed by atoms with Crippen LogP contribution in [-0.2, 0) is 0 Å². The van der Waals surface area contributed by atoms with Gasteiger partial charge in [-0.3, -0.25) is 4.79 Å². The van der Waals surface area contributed by atoms with Crippen molar-refractivity contribution >= 4 is 5.78 Å². The summed E-state index contributed by atoms with van der Waals surface area (Å²) in [5, 5.41) is 0. The summed E-state index contributed by atoms with van der Waals surface area (Å²) in [4.78, 5) is 18.0. The highest BCUT2D eigenvalue weighted by Gasteiger charge is 2.24. The molecule has 1 aromatic heterocycles. The number of nitrogens with zero attached hydrogens (tertiary/aromatic N) is 1. The van der Waals surface area contributed by atoms with E-state index in [1.807, 2.05) is 24.4 Å². The van der Waals surface area contributed by atoms with Crippen molar-refractivity contribution in [1.82, 2.24) is 9.88 Å². The molecule has 126 valence electrons. The van der Waals surface area contributed by atoms with Crippen LogP contribution in [0.4, 0.5) is 0 Å². The number of nitrogens with one attached hydrogen (secondary N) is 1. The van der Waals surface area contributed by atoms with E-state index in [-0.39, 0.29) is 5.78 Å². The van der Waals surface area contributed by atoms with Gasteiger partial charge in [0, 0.05) is 37.5 Å². The molecule has 0 spiro atoms. The maximum atomic E-state index is 12.5. The number of fused-ring (bicyclic) bond motifs is 1. The normalized spacial score (nSPS) is 20.2. The molecule has 1 saturated heterocycles. The molecule has 0 amide bonds. The Labute approximate surface area is 141 Å². The maximum absolute atomic E-state index is 12.5. The van der Waals surface area contributed by atoms with Gasteiger partial charge in [-0.1, -0.05) is 0 Å². The minimum absolute atomic E-state index is 0.164. The third-order valence-corrected chi connectivity index (χ3v) is 4.89. The average Bonchev–Trinajstić information content (AvgIpc) is 3.30. The van der Waals surface area contributed by atoms with Crippen LogP contribution in [0.15, 0.2) is 36.7 Å². The number of aromatic amines is 1. The SMILES string of the molecule is O=C(CCN1CCC(c2cc[nH]c2)C1)c1ccc2c(c1)OCCO2. The molecule has 1 N–H and O–H groups in total. The number of aromatic nitrogens is 1. The first kappa shape index (κ1) is 15.3. The van der Waals surface area contributed by atoms with Gasteiger partial charge < -0.3 is 19.4 Å². The molecular formula is C19H22N2O3. The van der Waals surface area contributed by atoms with Crippen molar-refractivity contribution in [3.05, 3.63) is 47.8 Å². The van der Waals surface area contributed by atoms with Crippen LogP contribution >= 0.6 is 0 Å². The summed E-state index contributed by atoms with van der Waals surface area (Å²) < 4.78 is 11.1. The molecule has 3 heterocycles. The van der Waals surface area contributed by atoms with Crippen molar-refractivity contribution in [2.45, 2.75) is 18.8 Å². The number of ether oxygens (including phenoxy) is 2. The summed E-state index contributed by atoms with van der Waals surface area (Å²) in [5.41, 5.74) is 2.08. The predicted molar refractivity (Wildman–Crippen MR) is 91.0 cm³/mol. The Hall–Kier alpha value is -2.27. The molecule has 5 heteroatoms. The van der Waals surface area contributed by atoms with E-state index in [0.717, 1.165) is 31.8 Å². The fourth-order valence-electron chi connectivity index (χ4n) is 3.52. The van der Waals surface area contributed by atoms with Gasteiger partial charge in [-0.2, -0.15) is 0 Å². The number of H-pyrrole nitrogens is 1. The molecule has 1 aromatic carbocycles. The number of hydrogen-bond acceptors (Lipinski definition) is 4. The Balaban J connectivity index is 1.32. The van der Waals surface area contributed by atoms with E-state index in [9.17, 15) is 4.79 Å². The van der Waals surface area contributed by atoms with Crippen LogP contribution in [0.3, 0.4) is 0 Å². The van der Waals surface area contributed by atoms with Gasteiger partial charge in [0.15, 0.2) is 17.3 Å². The fourth-order valence-corrected chi connectivity index (χ4v) is 3.52. The molecule has 0 aliphatic carbocycles. The first-order valence-corrected chi connectivity index (χ1v) is 8.57. The van der Waals surface area contributed by atoms with Gasteiger partial charge in [0.05, 0.1) is 0 Å². The maximum Gasteiger partial charge on any atom is 0.164 e. The Morgan fingerprint density at radius 3 is 2.92 bits per heavy atom. The molecule has 5 nitrogen and oxygen atoms in total. The van der Waals surface area contributed by atoms with E-state index in [4.69, 9.17) is 9.47 Å². The van der Waals surface area contributed by atoms with Crippen molar-refractivity contribution in [2.24, 2.45) is 0 Å². The molecule has 2 aliphatic rings. The van der Waals surface area contributed by atoms with Gasteiger partial charge >= 0.3 is 0 Å². The number of hydrogen-bond donors (Lipinski definition) is 1. The standard InChI is InChI=1S/C19H22N2O3/c22-17(14-1-2-18-19(11-14)24-10-9-23-18)5-8-21-7-4-16(13-21)15-3-6-20-12-15/h1-3,6,11-12,16,20H,4-5,7-10,13H2. The number of ketones is 1. The summed E-state index contributed by atoms with van der Waals surface area (Å²) in [5.74, 6) is 2.16. The zero-order valence-corrected chi connectivity index (χ0v) is 13.7. The summed E-state index contributed by atoms with van der Waals surface area (Å²) >= 11 is 0. The van der Waals surface area contributed by atoms with Gasteiger partial charge in [0.2, 0.25) is 0 Å². The van der Waals surface area contributed by atoms with E-state index in [1.54, 1.807) is 0 Å². The highest BCUT2D eigenvalue weighted by Crippen LogP contribution is 2.31. The Bertz CT molecular complexity index is 711. The van der Waals surface area contributed by atoms with Gasteiger partial charge in [-0.25, -0.2) is 0 Å². The topological polar surface area (TPSA) is 54.6 Å². The summed E-state index contributed by atoms with van der Waals surface area (Å²) in [6.07, 6.45) is 5.76. The minimum Gasteiger partial charge on any atom is -0.486 e. The molecule has 1 atom stereocenters. The second-order valence-electron chi connectivity index (χ2n) is 6.46. The van der Waals surface area contributed by atoms with E-state index < -0.39 is 0 Å². The lowest BCUT2D eigenvalue weighted by molar-refractivity contribution is 0.0967. The lowest BCUT2D eigenvalue weighted by Gasteiger charge is -2.19. The Kier molecular flexibility index (Phi) is 4.26. The second kappa shape index (κ2) is 6.69. The van der Waals surface area contributed by atoms with Crippen molar-refractivity contribution in [1.29, 1.82) is 0 Å². The smallest absolute Gasteiger partial charge is 0.164 e. The largest absolute Gasteiger partial charge is 0.486 e. The lowest BCUT2D eigenvalue weighted by Crippen LogP contribution is -2.23. The van der Waals surface area contributed by atoms with Crippen LogP contribution in [0.5, 0.6) is 11.5 Å². The first-order valence-electron chi connectivity index (χ1n) is 8.57. The second-order valence-corrected chi connectivity index (χ2v) is 6.46. The van der Waals surface area contributed by atoms with Crippen molar-refractivity contribution < 1.29 is 14.3 Å². The Morgan fingerprint density at radius 1 is 1.21 bits per heavy atom. The van der Waals surface area contributed by atoms with Crippen molar-refractivity contribution in [2.75, 3.05) is 32.8 Å². The summed E-state index contributed by atoms with van der Waals surface area (Å²) in [6.45, 7) is 4.02. The minimum atomic E-state index is 0.164. The number of Topliss-reactive ketones (excluding diaryl/α,β-unsaturated/α-hetero) is 1. The summed E-state index contributed by atoms with van der Waals surface area (Å²) in [6, 6.07) is 7.62. The molecule has 0 saturated carbocycles. The number of likely N-dealkylation sites (tertiary alicyclic amines) is 1. The van der Waals surface area contributed by atoms with Crippen LogP contribution < -0.4 is 9.47 Å². The molecule has 0 bridgehead atoms. The van der Waals surface area contributed by atoms with E-state index in [0.29, 0.717) is 36.9 Å². The van der Waals surface area contributed by atoms with Crippen LogP contribution in [0.25, 0.3) is 0 Å². The van der Waals surface area contributed by atoms with Gasteiger partial charge in [0.25, 0.3) is 0 Å². The van der Waals surface area contributed by atoms with Crippen LogP contribution in [0, 0.1) is 0 Å². The van der Waals surface area contributed by atoms with E-state index in [1.165, 1.54) is 5.56 Å². The van der Waals surface area contributed by atoms with Crippen molar-refractivity contribution in [3.63, 3.8) is 0 Å². The van der Waals surface area contributed by atoms with Crippen molar-refractivity contribution in [3.8, 4) is 11.5 Å². The quantitative estimate of drug-likeness (QED) is 0.859. The number of rotatable bonds is 5. The molecule has 1 fully saturated rings. The van der Waals surface area contributed by atoms with E-state index in [2.05, 4.69) is 22.1 Å². The first-order chi connectivity index (χ1) is 11.8. The summed E-state index contributed by atoms with van der Waals surface area (Å²) in [7, 11) is 0. The number of carbonyl (C=O) groups excluding carboxylic acids is 1. The number of carbonyl (C=O) groups is 1. The van der Waals surface area contributed by atoms with Gasteiger partial charge in [0.1, 0.15) is 13.2 Å². The molecule has 1 unspecified atom stereocenters. The third-order valence-electron chi connectivity index (χ3n) is 4.89. The highest BCUT2D eigenvalue weighted by molar-refractivity contribution is 5.96.